The largest absolute Gasteiger partial charge is 0.307 e. The van der Waals surface area contributed by atoms with Gasteiger partial charge in [-0.1, -0.05) is 0 Å². The van der Waals surface area contributed by atoms with Crippen LogP contribution in [0, 0.1) is 0 Å². The zero-order valence-corrected chi connectivity index (χ0v) is 14.5. The smallest absolute Gasteiger partial charge is 0.244 e. The first-order valence-corrected chi connectivity index (χ1v) is 10.3. The summed E-state index contributed by atoms with van der Waals surface area (Å²) in [6.45, 7) is 0.413. The first kappa shape index (κ1) is 16.4. The normalized spacial score (nSPS) is 19.8. The summed E-state index contributed by atoms with van der Waals surface area (Å²) < 4.78 is 27.9. The molecule has 0 bridgehead atoms. The van der Waals surface area contributed by atoms with Crippen LogP contribution in [0.5, 0.6) is 0 Å². The van der Waals surface area contributed by atoms with Crippen LogP contribution in [-0.4, -0.2) is 42.5 Å². The lowest BCUT2D eigenvalue weighted by Gasteiger charge is -2.21. The van der Waals surface area contributed by atoms with Gasteiger partial charge in [-0.2, -0.15) is 23.5 Å². The van der Waals surface area contributed by atoms with E-state index in [9.17, 15) is 8.42 Å². The number of nitrogens with two attached hydrogens (primary N) is 1. The predicted octanol–water partition coefficient (Wildman–Crippen LogP) is 1.26. The Morgan fingerprint density at radius 3 is 2.95 bits per heavy atom. The third-order valence-electron chi connectivity index (χ3n) is 2.63. The Morgan fingerprint density at radius 2 is 2.30 bits per heavy atom. The monoisotopic (exact) mass is 398 g/mol. The number of nitrogens with zero attached hydrogens (tertiary/aromatic N) is 1. The van der Waals surface area contributed by atoms with Crippen molar-refractivity contribution in [1.82, 2.24) is 9.71 Å². The van der Waals surface area contributed by atoms with Crippen LogP contribution < -0.4 is 16.0 Å². The number of nitrogen functional groups attached to an aromatic ring is 1. The topological polar surface area (TPSA) is 97.1 Å². The van der Waals surface area contributed by atoms with Gasteiger partial charge in [-0.25, -0.2) is 24.0 Å². The molecule has 0 aliphatic carbocycles. The fourth-order valence-electron chi connectivity index (χ4n) is 1.67. The SMILES string of the molecule is NNc1ncc(Br)cc1S(=O)(=O)NCC1CSCCS1. The highest BCUT2D eigenvalue weighted by Gasteiger charge is 2.22. The van der Waals surface area contributed by atoms with Crippen LogP contribution in [0.4, 0.5) is 5.82 Å². The second kappa shape index (κ2) is 7.32. The quantitative estimate of drug-likeness (QED) is 0.507. The van der Waals surface area contributed by atoms with Crippen molar-refractivity contribution in [3.05, 3.63) is 16.7 Å². The first-order valence-electron chi connectivity index (χ1n) is 5.84. The van der Waals surface area contributed by atoms with E-state index in [2.05, 4.69) is 31.1 Å². The predicted molar refractivity (Wildman–Crippen MR) is 88.5 cm³/mol. The Labute approximate surface area is 135 Å². The zero-order valence-electron chi connectivity index (χ0n) is 10.5. The van der Waals surface area contributed by atoms with Crippen molar-refractivity contribution in [2.24, 2.45) is 5.84 Å². The molecular weight excluding hydrogens is 384 g/mol. The number of rotatable bonds is 5. The molecule has 1 fully saturated rings. The number of hydrazine groups is 1. The molecule has 0 aromatic carbocycles. The number of sulfonamides is 1. The van der Waals surface area contributed by atoms with E-state index in [0.717, 1.165) is 17.3 Å². The Bertz CT molecular complexity index is 564. The molecule has 10 heteroatoms. The van der Waals surface area contributed by atoms with Gasteiger partial charge in [0, 0.05) is 39.7 Å². The van der Waals surface area contributed by atoms with Crippen LogP contribution in [0.1, 0.15) is 0 Å². The van der Waals surface area contributed by atoms with Crippen molar-refractivity contribution in [2.45, 2.75) is 10.1 Å². The molecule has 6 nitrogen and oxygen atoms in total. The molecule has 1 aromatic heterocycles. The summed E-state index contributed by atoms with van der Waals surface area (Å²) in [6.07, 6.45) is 1.49. The van der Waals surface area contributed by atoms with Crippen LogP contribution in [0.15, 0.2) is 21.6 Å². The third-order valence-corrected chi connectivity index (χ3v) is 7.35. The van der Waals surface area contributed by atoms with Gasteiger partial charge < -0.3 is 5.43 Å². The van der Waals surface area contributed by atoms with Gasteiger partial charge in [-0.05, 0) is 22.0 Å². The number of hydrogen-bond acceptors (Lipinski definition) is 7. The van der Waals surface area contributed by atoms with Gasteiger partial charge in [0.2, 0.25) is 10.0 Å². The van der Waals surface area contributed by atoms with E-state index >= 15 is 0 Å². The van der Waals surface area contributed by atoms with E-state index in [0.29, 0.717) is 16.3 Å². The van der Waals surface area contributed by atoms with Crippen molar-refractivity contribution >= 4 is 55.3 Å². The Morgan fingerprint density at radius 1 is 1.50 bits per heavy atom. The van der Waals surface area contributed by atoms with Gasteiger partial charge in [-0.3, -0.25) is 0 Å². The Hall–Kier alpha value is -0.000000000000000222. The minimum atomic E-state index is -3.63. The van der Waals surface area contributed by atoms with Crippen LogP contribution >= 0.6 is 39.5 Å². The maximum absolute atomic E-state index is 12.3. The molecule has 2 rings (SSSR count). The van der Waals surface area contributed by atoms with Gasteiger partial charge >= 0.3 is 0 Å². The van der Waals surface area contributed by atoms with E-state index < -0.39 is 10.0 Å². The zero-order chi connectivity index (χ0) is 14.6. The molecule has 20 heavy (non-hydrogen) atoms. The molecule has 1 aromatic rings. The van der Waals surface area contributed by atoms with Gasteiger partial charge in [0.05, 0.1) is 0 Å². The van der Waals surface area contributed by atoms with E-state index in [1.54, 1.807) is 11.8 Å². The average Bonchev–Trinajstić information content (AvgIpc) is 2.46. The number of aromatic nitrogens is 1. The maximum Gasteiger partial charge on any atom is 0.244 e. The standard InChI is InChI=1S/C10H15BrN4O2S3/c11-7-3-9(10(15-12)13-4-7)20(16,17)14-5-8-6-18-1-2-19-8/h3-4,8,14H,1-2,5-6,12H2,(H,13,15). The molecule has 1 aliphatic heterocycles. The van der Waals surface area contributed by atoms with Crippen LogP contribution in [-0.2, 0) is 10.0 Å². The molecule has 0 amide bonds. The summed E-state index contributed by atoms with van der Waals surface area (Å²) in [5.74, 6) is 8.59. The van der Waals surface area contributed by atoms with E-state index in [1.807, 2.05) is 11.8 Å². The number of pyridine rings is 1. The lowest BCUT2D eigenvalue weighted by molar-refractivity contribution is 0.581. The fourth-order valence-corrected chi connectivity index (χ4v) is 6.09. The van der Waals surface area contributed by atoms with Crippen molar-refractivity contribution < 1.29 is 8.42 Å². The highest BCUT2D eigenvalue weighted by atomic mass is 79.9. The summed E-state index contributed by atoms with van der Waals surface area (Å²) in [5.41, 5.74) is 2.31. The molecular formula is C10H15BrN4O2S3. The molecule has 0 spiro atoms. The summed E-state index contributed by atoms with van der Waals surface area (Å²) in [5, 5.41) is 0.304. The van der Waals surface area contributed by atoms with Crippen molar-refractivity contribution in [1.29, 1.82) is 0 Å². The lowest BCUT2D eigenvalue weighted by atomic mass is 10.5. The molecule has 1 aliphatic rings. The van der Waals surface area contributed by atoms with Crippen molar-refractivity contribution in [3.8, 4) is 0 Å². The van der Waals surface area contributed by atoms with Gasteiger partial charge in [0.15, 0.2) is 5.82 Å². The van der Waals surface area contributed by atoms with Crippen LogP contribution in [0.25, 0.3) is 0 Å². The van der Waals surface area contributed by atoms with Gasteiger partial charge in [-0.15, -0.1) is 0 Å². The highest BCUT2D eigenvalue weighted by Crippen LogP contribution is 2.25. The van der Waals surface area contributed by atoms with E-state index in [1.165, 1.54) is 12.3 Å². The average molecular weight is 399 g/mol. The van der Waals surface area contributed by atoms with Crippen molar-refractivity contribution in [3.63, 3.8) is 0 Å². The highest BCUT2D eigenvalue weighted by molar-refractivity contribution is 9.10. The number of anilines is 1. The molecule has 1 atom stereocenters. The molecule has 0 radical (unpaired) electrons. The third kappa shape index (κ3) is 4.25. The Balaban J connectivity index is 2.11. The van der Waals surface area contributed by atoms with Gasteiger partial charge in [0.1, 0.15) is 4.90 Å². The maximum atomic E-state index is 12.3. The fraction of sp³-hybridized carbons (Fsp3) is 0.500. The minimum absolute atomic E-state index is 0.0443. The van der Waals surface area contributed by atoms with Crippen LogP contribution in [0.3, 0.4) is 0 Å². The van der Waals surface area contributed by atoms with Crippen molar-refractivity contribution in [2.75, 3.05) is 29.2 Å². The molecule has 4 N–H and O–H groups in total. The number of nitrogens with one attached hydrogen (secondary N) is 2. The first-order chi connectivity index (χ1) is 9.53. The minimum Gasteiger partial charge on any atom is -0.307 e. The van der Waals surface area contributed by atoms with Crippen LogP contribution in [0.2, 0.25) is 0 Å². The van der Waals surface area contributed by atoms with Gasteiger partial charge in [0.25, 0.3) is 0 Å². The van der Waals surface area contributed by atoms with E-state index in [-0.39, 0.29) is 10.7 Å². The second-order valence-electron chi connectivity index (χ2n) is 4.06. The summed E-state index contributed by atoms with van der Waals surface area (Å²) in [4.78, 5) is 3.99. The second-order valence-corrected chi connectivity index (χ2v) is 9.27. The molecule has 2 heterocycles. The molecule has 0 saturated carbocycles. The lowest BCUT2D eigenvalue weighted by Crippen LogP contribution is -2.34. The molecule has 1 saturated heterocycles. The summed E-state index contributed by atoms with van der Waals surface area (Å²) in [7, 11) is -3.63. The summed E-state index contributed by atoms with van der Waals surface area (Å²) >= 11 is 6.87. The number of halogens is 1. The summed E-state index contributed by atoms with van der Waals surface area (Å²) in [6, 6.07) is 1.48. The Kier molecular flexibility index (Phi) is 5.99. The molecule has 112 valence electrons. The number of hydrogen-bond donors (Lipinski definition) is 3. The molecule has 1 unspecified atom stereocenters. The number of thioether (sulfide) groups is 2. The van der Waals surface area contributed by atoms with E-state index in [4.69, 9.17) is 5.84 Å².